The highest BCUT2D eigenvalue weighted by molar-refractivity contribution is 5.80. The van der Waals surface area contributed by atoms with Gasteiger partial charge in [0.15, 0.2) is 0 Å². The highest BCUT2D eigenvalue weighted by Gasteiger charge is 2.24. The lowest BCUT2D eigenvalue weighted by atomic mass is 10.1. The number of amides is 2. The molecule has 1 aliphatic rings. The summed E-state index contributed by atoms with van der Waals surface area (Å²) < 4.78 is 1.95. The Morgan fingerprint density at radius 2 is 1.67 bits per heavy atom. The van der Waals surface area contributed by atoms with Crippen LogP contribution in [0.25, 0.3) is 0 Å². The monoisotopic (exact) mass is 291 g/mol. The molecule has 1 fully saturated rings. The van der Waals surface area contributed by atoms with Crippen molar-refractivity contribution in [1.82, 2.24) is 14.4 Å². The van der Waals surface area contributed by atoms with E-state index in [1.54, 1.807) is 0 Å². The average molecular weight is 291 g/mol. The van der Waals surface area contributed by atoms with Gasteiger partial charge in [0.25, 0.3) is 0 Å². The van der Waals surface area contributed by atoms with Gasteiger partial charge in [-0.05, 0) is 17.5 Å². The van der Waals surface area contributed by atoms with E-state index in [1.165, 1.54) is 0 Å². The molecule has 0 aromatic carbocycles. The fourth-order valence-corrected chi connectivity index (χ4v) is 2.64. The summed E-state index contributed by atoms with van der Waals surface area (Å²) in [6.07, 6.45) is 4.96. The Morgan fingerprint density at radius 3 is 2.14 bits per heavy atom. The molecule has 0 spiro atoms. The average Bonchev–Trinajstić information content (AvgIpc) is 2.83. The van der Waals surface area contributed by atoms with Gasteiger partial charge in [-0.1, -0.05) is 13.8 Å². The molecule has 0 atom stereocenters. The second-order valence-corrected chi connectivity index (χ2v) is 6.22. The SMILES string of the molecule is CC(C)CC(=O)N1CCN(C(=O)Cc2ccn(C)c2)CC1. The van der Waals surface area contributed by atoms with Gasteiger partial charge in [-0.25, -0.2) is 0 Å². The number of carbonyl (C=O) groups is 2. The van der Waals surface area contributed by atoms with E-state index in [1.807, 2.05) is 39.9 Å². The van der Waals surface area contributed by atoms with Gasteiger partial charge in [0.1, 0.15) is 0 Å². The maximum Gasteiger partial charge on any atom is 0.227 e. The van der Waals surface area contributed by atoms with Crippen LogP contribution in [0.15, 0.2) is 18.5 Å². The Bertz CT molecular complexity index is 499. The summed E-state index contributed by atoms with van der Waals surface area (Å²) in [5, 5.41) is 0. The molecule has 116 valence electrons. The molecule has 2 rings (SSSR count). The maximum absolute atomic E-state index is 12.2. The lowest BCUT2D eigenvalue weighted by molar-refractivity contribution is -0.139. The van der Waals surface area contributed by atoms with E-state index >= 15 is 0 Å². The molecule has 2 heterocycles. The predicted molar refractivity (Wildman–Crippen MR) is 81.7 cm³/mol. The van der Waals surface area contributed by atoms with Gasteiger partial charge in [0, 0.05) is 52.0 Å². The van der Waals surface area contributed by atoms with E-state index in [2.05, 4.69) is 13.8 Å². The third-order valence-corrected chi connectivity index (χ3v) is 3.82. The van der Waals surface area contributed by atoms with Gasteiger partial charge >= 0.3 is 0 Å². The van der Waals surface area contributed by atoms with E-state index < -0.39 is 0 Å². The third kappa shape index (κ3) is 4.34. The molecule has 0 saturated carbocycles. The van der Waals surface area contributed by atoms with Crippen molar-refractivity contribution < 1.29 is 9.59 Å². The number of carbonyl (C=O) groups excluding carboxylic acids is 2. The van der Waals surface area contributed by atoms with Gasteiger partial charge in [0.05, 0.1) is 6.42 Å². The molecule has 1 aliphatic heterocycles. The van der Waals surface area contributed by atoms with Crippen LogP contribution in [0, 0.1) is 5.92 Å². The molecule has 0 bridgehead atoms. The molecule has 1 aromatic heterocycles. The minimum Gasteiger partial charge on any atom is -0.357 e. The van der Waals surface area contributed by atoms with E-state index in [-0.39, 0.29) is 11.8 Å². The Balaban J connectivity index is 1.80. The highest BCUT2D eigenvalue weighted by atomic mass is 16.2. The summed E-state index contributed by atoms with van der Waals surface area (Å²) >= 11 is 0. The Hall–Kier alpha value is -1.78. The lowest BCUT2D eigenvalue weighted by Gasteiger charge is -2.35. The normalized spacial score (nSPS) is 15.6. The standard InChI is InChI=1S/C16H25N3O2/c1-13(2)10-15(20)18-6-8-19(9-7-18)16(21)11-14-4-5-17(3)12-14/h4-5,12-13H,6-11H2,1-3H3. The molecule has 1 saturated heterocycles. The van der Waals surface area contributed by atoms with Crippen LogP contribution < -0.4 is 0 Å². The molecule has 0 radical (unpaired) electrons. The molecular formula is C16H25N3O2. The maximum atomic E-state index is 12.2. The number of nitrogens with zero attached hydrogens (tertiary/aromatic N) is 3. The Kier molecular flexibility index (Phi) is 5.04. The van der Waals surface area contributed by atoms with Crippen LogP contribution in [-0.4, -0.2) is 52.4 Å². The molecule has 21 heavy (non-hydrogen) atoms. The van der Waals surface area contributed by atoms with Crippen molar-refractivity contribution in [3.8, 4) is 0 Å². The van der Waals surface area contributed by atoms with Crippen LogP contribution in [-0.2, 0) is 23.1 Å². The fraction of sp³-hybridized carbons (Fsp3) is 0.625. The number of aromatic nitrogens is 1. The van der Waals surface area contributed by atoms with Crippen molar-refractivity contribution in [3.05, 3.63) is 24.0 Å². The van der Waals surface area contributed by atoms with Crippen molar-refractivity contribution in [2.45, 2.75) is 26.7 Å². The largest absolute Gasteiger partial charge is 0.357 e. The van der Waals surface area contributed by atoms with Crippen molar-refractivity contribution in [3.63, 3.8) is 0 Å². The second-order valence-electron chi connectivity index (χ2n) is 6.22. The summed E-state index contributed by atoms with van der Waals surface area (Å²) in [6, 6.07) is 1.97. The van der Waals surface area contributed by atoms with Crippen molar-refractivity contribution >= 4 is 11.8 Å². The van der Waals surface area contributed by atoms with Crippen LogP contribution in [0.2, 0.25) is 0 Å². The molecule has 0 N–H and O–H groups in total. The van der Waals surface area contributed by atoms with Gasteiger partial charge in [-0.3, -0.25) is 9.59 Å². The van der Waals surface area contributed by atoms with E-state index in [0.29, 0.717) is 44.9 Å². The summed E-state index contributed by atoms with van der Waals surface area (Å²) in [5.74, 6) is 0.743. The first-order valence-corrected chi connectivity index (χ1v) is 7.62. The number of hydrogen-bond donors (Lipinski definition) is 0. The van der Waals surface area contributed by atoms with Gasteiger partial charge < -0.3 is 14.4 Å². The molecule has 5 heteroatoms. The molecule has 5 nitrogen and oxygen atoms in total. The van der Waals surface area contributed by atoms with Gasteiger partial charge in [-0.2, -0.15) is 0 Å². The molecule has 2 amide bonds. The number of aryl methyl sites for hydroxylation is 1. The van der Waals surface area contributed by atoms with Crippen molar-refractivity contribution in [2.75, 3.05) is 26.2 Å². The second kappa shape index (κ2) is 6.78. The van der Waals surface area contributed by atoms with Crippen molar-refractivity contribution in [1.29, 1.82) is 0 Å². The van der Waals surface area contributed by atoms with E-state index in [9.17, 15) is 9.59 Å². The zero-order valence-electron chi connectivity index (χ0n) is 13.2. The Labute approximate surface area is 126 Å². The van der Waals surface area contributed by atoms with Crippen LogP contribution in [0.3, 0.4) is 0 Å². The zero-order valence-corrected chi connectivity index (χ0v) is 13.2. The van der Waals surface area contributed by atoms with Crippen molar-refractivity contribution in [2.24, 2.45) is 13.0 Å². The number of rotatable bonds is 4. The predicted octanol–water partition coefficient (Wildman–Crippen LogP) is 1.28. The molecule has 0 unspecified atom stereocenters. The molecular weight excluding hydrogens is 266 g/mol. The summed E-state index contributed by atoms with van der Waals surface area (Å²) in [5.41, 5.74) is 1.04. The number of hydrogen-bond acceptors (Lipinski definition) is 2. The van der Waals surface area contributed by atoms with Gasteiger partial charge in [0.2, 0.25) is 11.8 Å². The molecule has 1 aromatic rings. The Morgan fingerprint density at radius 1 is 1.10 bits per heavy atom. The van der Waals surface area contributed by atoms with Crippen LogP contribution >= 0.6 is 0 Å². The van der Waals surface area contributed by atoms with Crippen LogP contribution in [0.4, 0.5) is 0 Å². The zero-order chi connectivity index (χ0) is 15.4. The minimum atomic E-state index is 0.150. The number of piperazine rings is 1. The first-order chi connectivity index (χ1) is 9.95. The van der Waals surface area contributed by atoms with Gasteiger partial charge in [-0.15, -0.1) is 0 Å². The topological polar surface area (TPSA) is 45.6 Å². The first kappa shape index (κ1) is 15.6. The van der Waals surface area contributed by atoms with Crippen LogP contribution in [0.5, 0.6) is 0 Å². The summed E-state index contributed by atoms with van der Waals surface area (Å²) in [7, 11) is 1.95. The van der Waals surface area contributed by atoms with E-state index in [0.717, 1.165) is 5.56 Å². The summed E-state index contributed by atoms with van der Waals surface area (Å²) in [6.45, 7) is 6.72. The summed E-state index contributed by atoms with van der Waals surface area (Å²) in [4.78, 5) is 28.0. The third-order valence-electron chi connectivity index (χ3n) is 3.82. The van der Waals surface area contributed by atoms with E-state index in [4.69, 9.17) is 0 Å². The quantitative estimate of drug-likeness (QED) is 0.839. The fourth-order valence-electron chi connectivity index (χ4n) is 2.64. The lowest BCUT2D eigenvalue weighted by Crippen LogP contribution is -2.51. The highest BCUT2D eigenvalue weighted by Crippen LogP contribution is 2.10. The minimum absolute atomic E-state index is 0.150. The molecule has 0 aliphatic carbocycles. The smallest absolute Gasteiger partial charge is 0.227 e. The van der Waals surface area contributed by atoms with Crippen LogP contribution in [0.1, 0.15) is 25.8 Å². The first-order valence-electron chi connectivity index (χ1n) is 7.62.